The highest BCUT2D eigenvalue weighted by Crippen LogP contribution is 2.30. The summed E-state index contributed by atoms with van der Waals surface area (Å²) in [6.45, 7) is 5.82. The molecule has 1 atom stereocenters. The Labute approximate surface area is 159 Å². The van der Waals surface area contributed by atoms with E-state index in [0.29, 0.717) is 12.5 Å². The molecule has 3 aromatic rings. The van der Waals surface area contributed by atoms with Gasteiger partial charge in [-0.1, -0.05) is 13.8 Å². The minimum Gasteiger partial charge on any atom is -0.364 e. The fourth-order valence-corrected chi connectivity index (χ4v) is 3.50. The Bertz CT molecular complexity index is 886. The third kappa shape index (κ3) is 3.49. The molecule has 144 valence electrons. The monoisotopic (exact) mass is 369 g/mol. The lowest BCUT2D eigenvalue weighted by Gasteiger charge is -2.24. The van der Waals surface area contributed by atoms with Gasteiger partial charge in [-0.25, -0.2) is 4.68 Å². The van der Waals surface area contributed by atoms with Crippen LogP contribution in [0.25, 0.3) is 5.82 Å². The lowest BCUT2D eigenvalue weighted by molar-refractivity contribution is -0.0395. The highest BCUT2D eigenvalue weighted by Gasteiger charge is 2.23. The summed E-state index contributed by atoms with van der Waals surface area (Å²) in [5, 5.41) is 17.0. The highest BCUT2D eigenvalue weighted by atomic mass is 16.5. The number of rotatable bonds is 6. The van der Waals surface area contributed by atoms with Gasteiger partial charge >= 0.3 is 0 Å². The summed E-state index contributed by atoms with van der Waals surface area (Å²) in [5.74, 6) is 2.26. The van der Waals surface area contributed by atoms with Crippen LogP contribution in [0.3, 0.4) is 0 Å². The molecule has 0 saturated carbocycles. The van der Waals surface area contributed by atoms with E-state index in [-0.39, 0.29) is 6.23 Å². The third-order valence-electron chi connectivity index (χ3n) is 5.07. The van der Waals surface area contributed by atoms with E-state index in [2.05, 4.69) is 34.5 Å². The van der Waals surface area contributed by atoms with Gasteiger partial charge in [0.05, 0.1) is 24.6 Å². The van der Waals surface area contributed by atoms with Crippen LogP contribution in [0.5, 0.6) is 0 Å². The van der Waals surface area contributed by atoms with E-state index in [1.54, 1.807) is 0 Å². The fourth-order valence-electron chi connectivity index (χ4n) is 3.50. The van der Waals surface area contributed by atoms with E-state index in [1.165, 1.54) is 5.56 Å². The molecule has 1 saturated heterocycles. The van der Waals surface area contributed by atoms with Crippen molar-refractivity contribution in [3.05, 3.63) is 42.0 Å². The first-order valence-electron chi connectivity index (χ1n) is 9.59. The number of nitrogens with zero attached hydrogens (tertiary/aromatic N) is 6. The Hall–Kier alpha value is -2.61. The molecule has 3 aromatic heterocycles. The maximum Gasteiger partial charge on any atom is 0.157 e. The van der Waals surface area contributed by atoms with E-state index >= 15 is 0 Å². The third-order valence-corrected chi connectivity index (χ3v) is 5.07. The molecule has 4 heterocycles. The van der Waals surface area contributed by atoms with Crippen molar-refractivity contribution in [3.8, 4) is 5.82 Å². The summed E-state index contributed by atoms with van der Waals surface area (Å²) in [6, 6.07) is 4.01. The van der Waals surface area contributed by atoms with Crippen LogP contribution < -0.4 is 5.32 Å². The SMILES string of the molecule is CC(C)c1cnn(-c2ccnn2C2CCCCO2)c1NCc1ccnn1C. The molecule has 8 heteroatoms. The van der Waals surface area contributed by atoms with Gasteiger partial charge in [0.15, 0.2) is 12.0 Å². The van der Waals surface area contributed by atoms with Crippen LogP contribution >= 0.6 is 0 Å². The van der Waals surface area contributed by atoms with Crippen molar-refractivity contribution in [1.82, 2.24) is 29.3 Å². The zero-order valence-corrected chi connectivity index (χ0v) is 16.2. The molecule has 0 bridgehead atoms. The smallest absolute Gasteiger partial charge is 0.157 e. The van der Waals surface area contributed by atoms with Crippen LogP contribution in [0.1, 0.15) is 56.5 Å². The van der Waals surface area contributed by atoms with Gasteiger partial charge in [0.25, 0.3) is 0 Å². The lowest BCUT2D eigenvalue weighted by Crippen LogP contribution is -2.22. The van der Waals surface area contributed by atoms with Gasteiger partial charge in [0.1, 0.15) is 5.82 Å². The molecular formula is C19H27N7O. The van der Waals surface area contributed by atoms with Gasteiger partial charge in [0.2, 0.25) is 0 Å². The number of aromatic nitrogens is 6. The fraction of sp³-hybridized carbons (Fsp3) is 0.526. The number of ether oxygens (including phenoxy) is 1. The first-order valence-corrected chi connectivity index (χ1v) is 9.59. The van der Waals surface area contributed by atoms with Gasteiger partial charge in [-0.15, -0.1) is 0 Å². The molecule has 1 unspecified atom stereocenters. The van der Waals surface area contributed by atoms with Gasteiger partial charge in [0, 0.05) is 31.5 Å². The van der Waals surface area contributed by atoms with Crippen LogP contribution in [-0.2, 0) is 18.3 Å². The van der Waals surface area contributed by atoms with Gasteiger partial charge in [-0.3, -0.25) is 4.68 Å². The van der Waals surface area contributed by atoms with Crippen molar-refractivity contribution in [2.24, 2.45) is 7.05 Å². The standard InChI is InChI=1S/C19H27N7O/c1-14(2)16-13-23-26(19(16)20-12-15-7-9-21-24(15)3)17-8-10-22-25(17)18-6-4-5-11-27-18/h7-10,13-14,18,20H,4-6,11-12H2,1-3H3. The maximum atomic E-state index is 5.94. The van der Waals surface area contributed by atoms with Crippen molar-refractivity contribution in [2.45, 2.75) is 51.8 Å². The Morgan fingerprint density at radius 3 is 2.74 bits per heavy atom. The van der Waals surface area contributed by atoms with Crippen molar-refractivity contribution in [2.75, 3.05) is 11.9 Å². The molecule has 0 spiro atoms. The van der Waals surface area contributed by atoms with E-state index in [4.69, 9.17) is 4.74 Å². The van der Waals surface area contributed by atoms with E-state index in [9.17, 15) is 0 Å². The number of hydrogen-bond acceptors (Lipinski definition) is 5. The molecule has 1 fully saturated rings. The Balaban J connectivity index is 1.67. The largest absolute Gasteiger partial charge is 0.364 e. The van der Waals surface area contributed by atoms with Crippen molar-refractivity contribution >= 4 is 5.82 Å². The first kappa shape index (κ1) is 17.8. The molecule has 0 aromatic carbocycles. The molecule has 1 N–H and O–H groups in total. The topological polar surface area (TPSA) is 74.7 Å². The Morgan fingerprint density at radius 1 is 1.19 bits per heavy atom. The predicted octanol–water partition coefficient (Wildman–Crippen LogP) is 3.24. The van der Waals surface area contributed by atoms with E-state index < -0.39 is 0 Å². The minimum atomic E-state index is -0.0274. The minimum absolute atomic E-state index is 0.0274. The zero-order valence-electron chi connectivity index (χ0n) is 16.2. The quantitative estimate of drug-likeness (QED) is 0.722. The molecule has 0 aliphatic carbocycles. The second-order valence-electron chi connectivity index (χ2n) is 7.27. The van der Waals surface area contributed by atoms with Crippen LogP contribution in [0.15, 0.2) is 30.7 Å². The lowest BCUT2D eigenvalue weighted by atomic mass is 10.1. The second-order valence-corrected chi connectivity index (χ2v) is 7.27. The number of aryl methyl sites for hydroxylation is 1. The number of hydrogen-bond donors (Lipinski definition) is 1. The van der Waals surface area contributed by atoms with Crippen LogP contribution in [0.4, 0.5) is 5.82 Å². The molecule has 0 amide bonds. The second kappa shape index (κ2) is 7.56. The molecule has 0 radical (unpaired) electrons. The van der Waals surface area contributed by atoms with Crippen molar-refractivity contribution in [1.29, 1.82) is 0 Å². The number of anilines is 1. The molecule has 1 aliphatic rings. The molecule has 8 nitrogen and oxygen atoms in total. The molecular weight excluding hydrogens is 342 g/mol. The van der Waals surface area contributed by atoms with Gasteiger partial charge in [-0.2, -0.15) is 20.0 Å². The summed E-state index contributed by atoms with van der Waals surface area (Å²) in [6.07, 6.45) is 8.79. The van der Waals surface area contributed by atoms with E-state index in [1.807, 2.05) is 51.8 Å². The first-order chi connectivity index (χ1) is 13.1. The maximum absolute atomic E-state index is 5.94. The summed E-state index contributed by atoms with van der Waals surface area (Å²) >= 11 is 0. The Morgan fingerprint density at radius 2 is 2.04 bits per heavy atom. The summed E-state index contributed by atoms with van der Waals surface area (Å²) in [5.41, 5.74) is 2.29. The number of nitrogens with one attached hydrogen (secondary N) is 1. The zero-order chi connectivity index (χ0) is 18.8. The van der Waals surface area contributed by atoms with Crippen LogP contribution in [0, 0.1) is 0 Å². The molecule has 4 rings (SSSR count). The predicted molar refractivity (Wildman–Crippen MR) is 103 cm³/mol. The van der Waals surface area contributed by atoms with Gasteiger partial charge < -0.3 is 10.1 Å². The summed E-state index contributed by atoms with van der Waals surface area (Å²) in [4.78, 5) is 0. The van der Waals surface area contributed by atoms with Crippen molar-refractivity contribution in [3.63, 3.8) is 0 Å². The Kier molecular flexibility index (Phi) is 4.98. The molecule has 1 aliphatic heterocycles. The average Bonchev–Trinajstić information content (AvgIpc) is 3.39. The van der Waals surface area contributed by atoms with Gasteiger partial charge in [-0.05, 0) is 31.2 Å². The van der Waals surface area contributed by atoms with Crippen LogP contribution in [-0.4, -0.2) is 35.9 Å². The molecule has 27 heavy (non-hydrogen) atoms. The average molecular weight is 369 g/mol. The normalized spacial score (nSPS) is 17.6. The van der Waals surface area contributed by atoms with Crippen molar-refractivity contribution < 1.29 is 4.74 Å². The highest BCUT2D eigenvalue weighted by molar-refractivity contribution is 5.50. The van der Waals surface area contributed by atoms with Crippen LogP contribution in [0.2, 0.25) is 0 Å². The summed E-state index contributed by atoms with van der Waals surface area (Å²) in [7, 11) is 1.95. The van der Waals surface area contributed by atoms with E-state index in [0.717, 1.165) is 43.2 Å². The summed E-state index contributed by atoms with van der Waals surface area (Å²) < 4.78 is 11.7.